The fraction of sp³-hybridized carbons (Fsp3) is 0.360. The maximum Gasteiger partial charge on any atom is 0.330 e. The lowest BCUT2D eigenvalue weighted by molar-refractivity contribution is -0.0527. The van der Waals surface area contributed by atoms with Gasteiger partial charge < -0.3 is 19.4 Å². The monoisotopic (exact) mass is 482 g/mol. The van der Waals surface area contributed by atoms with Gasteiger partial charge in [-0.15, -0.1) is 0 Å². The second-order valence-corrected chi connectivity index (χ2v) is 13.8. The summed E-state index contributed by atoms with van der Waals surface area (Å²) < 4.78 is 13.8. The maximum atomic E-state index is 12.2. The topological polar surface area (TPSA) is 114 Å². The van der Waals surface area contributed by atoms with Gasteiger partial charge in [0.2, 0.25) is 0 Å². The summed E-state index contributed by atoms with van der Waals surface area (Å²) >= 11 is 0. The summed E-state index contributed by atoms with van der Waals surface area (Å²) in [5, 5.41) is 23.3. The predicted molar refractivity (Wildman–Crippen MR) is 131 cm³/mol. The van der Waals surface area contributed by atoms with Crippen molar-refractivity contribution < 1.29 is 19.4 Å². The van der Waals surface area contributed by atoms with Gasteiger partial charge in [-0.2, -0.15) is 0 Å². The van der Waals surface area contributed by atoms with Crippen molar-refractivity contribution >= 4 is 18.7 Å². The first-order chi connectivity index (χ1) is 16.1. The molecule has 1 saturated heterocycles. The second-order valence-electron chi connectivity index (χ2n) is 9.54. The van der Waals surface area contributed by atoms with Gasteiger partial charge >= 0.3 is 5.69 Å². The number of hydrogen-bond acceptors (Lipinski definition) is 6. The highest BCUT2D eigenvalue weighted by Gasteiger charge is 2.52. The van der Waals surface area contributed by atoms with E-state index in [0.29, 0.717) is 0 Å². The third-order valence-corrected chi connectivity index (χ3v) is 11.3. The van der Waals surface area contributed by atoms with Crippen LogP contribution >= 0.6 is 0 Å². The summed E-state index contributed by atoms with van der Waals surface area (Å²) in [6.07, 6.45) is -3.42. The smallest absolute Gasteiger partial charge is 0.330 e. The van der Waals surface area contributed by atoms with Crippen molar-refractivity contribution in [3.8, 4) is 0 Å². The van der Waals surface area contributed by atoms with E-state index in [4.69, 9.17) is 9.16 Å². The number of aliphatic hydroxyl groups is 2. The molecule has 2 heterocycles. The molecular weight excluding hydrogens is 452 g/mol. The first-order valence-electron chi connectivity index (χ1n) is 11.2. The van der Waals surface area contributed by atoms with Gasteiger partial charge in [0.15, 0.2) is 6.23 Å². The highest BCUT2D eigenvalue weighted by atomic mass is 28.4. The SMILES string of the molecule is CC(C)(C)[Si](OC[C@H]1O[C@@H](n2ccc(=O)[nH]c2=O)C(O)C1O)(c1ccccc1)c1ccccc1. The molecule has 2 unspecified atom stereocenters. The van der Waals surface area contributed by atoms with E-state index in [0.717, 1.165) is 21.0 Å². The van der Waals surface area contributed by atoms with Gasteiger partial charge in [-0.05, 0) is 15.4 Å². The molecule has 9 heteroatoms. The van der Waals surface area contributed by atoms with Crippen LogP contribution in [0.1, 0.15) is 27.0 Å². The van der Waals surface area contributed by atoms with Gasteiger partial charge in [-0.3, -0.25) is 14.3 Å². The van der Waals surface area contributed by atoms with E-state index in [1.54, 1.807) is 0 Å². The van der Waals surface area contributed by atoms with E-state index < -0.39 is 44.1 Å². The molecular formula is C25H30N2O6Si. The van der Waals surface area contributed by atoms with Crippen molar-refractivity contribution in [2.24, 2.45) is 0 Å². The van der Waals surface area contributed by atoms with Crippen LogP contribution < -0.4 is 21.6 Å². The number of rotatable bonds is 6. The summed E-state index contributed by atoms with van der Waals surface area (Å²) in [6, 6.07) is 21.3. The van der Waals surface area contributed by atoms with E-state index in [2.05, 4.69) is 50.0 Å². The van der Waals surface area contributed by atoms with E-state index in [1.807, 2.05) is 36.4 Å². The van der Waals surface area contributed by atoms with Crippen LogP contribution in [0.4, 0.5) is 0 Å². The van der Waals surface area contributed by atoms with Crippen LogP contribution in [0, 0.1) is 0 Å². The van der Waals surface area contributed by atoms with Crippen molar-refractivity contribution in [1.29, 1.82) is 0 Å². The molecule has 2 aromatic carbocycles. The molecule has 180 valence electrons. The van der Waals surface area contributed by atoms with Crippen LogP contribution in [0.2, 0.25) is 5.04 Å². The van der Waals surface area contributed by atoms with Gasteiger partial charge in [0, 0.05) is 12.3 Å². The number of aromatic nitrogens is 2. The van der Waals surface area contributed by atoms with E-state index >= 15 is 0 Å². The zero-order chi connectivity index (χ0) is 24.5. The maximum absolute atomic E-state index is 12.2. The standard InChI is InChI=1S/C25H30N2O6Si/c1-25(2,3)34(17-10-6-4-7-11-17,18-12-8-5-9-13-18)32-16-19-21(29)22(30)23(33-19)27-15-14-20(28)26-24(27)31/h4-15,19,21-23,29-30H,16H2,1-3H3,(H,26,28,31)/t19-,21?,22?,23-/m1/s1. The average Bonchev–Trinajstić information content (AvgIpc) is 3.08. The lowest BCUT2D eigenvalue weighted by Crippen LogP contribution is -2.67. The number of H-pyrrole nitrogens is 1. The number of benzene rings is 2. The Labute approximate surface area is 198 Å². The Morgan fingerprint density at radius 3 is 2.00 bits per heavy atom. The Morgan fingerprint density at radius 1 is 0.941 bits per heavy atom. The van der Waals surface area contributed by atoms with Crippen molar-refractivity contribution in [2.45, 2.75) is 50.3 Å². The molecule has 1 aromatic heterocycles. The molecule has 0 bridgehead atoms. The summed E-state index contributed by atoms with van der Waals surface area (Å²) in [6.45, 7) is 6.44. The molecule has 34 heavy (non-hydrogen) atoms. The van der Waals surface area contributed by atoms with Gasteiger partial charge in [0.05, 0.1) is 6.61 Å². The molecule has 1 aliphatic heterocycles. The molecule has 0 saturated carbocycles. The van der Waals surface area contributed by atoms with E-state index in [-0.39, 0.29) is 11.6 Å². The summed E-state index contributed by atoms with van der Waals surface area (Å²) in [4.78, 5) is 25.8. The molecule has 4 rings (SSSR count). The number of nitrogens with one attached hydrogen (secondary N) is 1. The van der Waals surface area contributed by atoms with Gasteiger partial charge in [0.25, 0.3) is 13.9 Å². The van der Waals surface area contributed by atoms with E-state index in [9.17, 15) is 19.8 Å². The minimum Gasteiger partial charge on any atom is -0.405 e. The van der Waals surface area contributed by atoms with Crippen LogP contribution in [0.3, 0.4) is 0 Å². The molecule has 3 N–H and O–H groups in total. The molecule has 0 amide bonds. The number of ether oxygens (including phenoxy) is 1. The van der Waals surface area contributed by atoms with Crippen molar-refractivity contribution in [3.05, 3.63) is 93.8 Å². The van der Waals surface area contributed by atoms with Crippen LogP contribution in [0.25, 0.3) is 0 Å². The normalized spacial score (nSPS) is 23.2. The first-order valence-corrected chi connectivity index (χ1v) is 13.1. The number of nitrogens with zero attached hydrogens (tertiary/aromatic N) is 1. The van der Waals surface area contributed by atoms with Crippen LogP contribution in [-0.2, 0) is 9.16 Å². The Bertz CT molecular complexity index is 1180. The number of aliphatic hydroxyl groups excluding tert-OH is 2. The number of aromatic amines is 1. The third-order valence-electron chi connectivity index (χ3n) is 6.34. The first kappa shape index (κ1) is 24.3. The fourth-order valence-electron chi connectivity index (χ4n) is 4.69. The van der Waals surface area contributed by atoms with Crippen LogP contribution in [0.15, 0.2) is 82.5 Å². The lowest BCUT2D eigenvalue weighted by atomic mass is 10.1. The Kier molecular flexibility index (Phi) is 6.75. The van der Waals surface area contributed by atoms with Crippen LogP contribution in [0.5, 0.6) is 0 Å². The molecule has 0 aliphatic carbocycles. The molecule has 1 fully saturated rings. The minimum atomic E-state index is -2.88. The summed E-state index contributed by atoms with van der Waals surface area (Å²) in [5.74, 6) is 0. The zero-order valence-corrected chi connectivity index (χ0v) is 20.4. The number of hydrogen-bond donors (Lipinski definition) is 3. The summed E-state index contributed by atoms with van der Waals surface area (Å²) in [7, 11) is -2.88. The minimum absolute atomic E-state index is 0.0140. The molecule has 0 radical (unpaired) electrons. The predicted octanol–water partition coefficient (Wildman–Crippen LogP) is 0.732. The van der Waals surface area contributed by atoms with Crippen molar-refractivity contribution in [3.63, 3.8) is 0 Å². The zero-order valence-electron chi connectivity index (χ0n) is 19.4. The second kappa shape index (κ2) is 9.44. The molecule has 1 aliphatic rings. The van der Waals surface area contributed by atoms with E-state index in [1.165, 1.54) is 6.20 Å². The Hall–Kier alpha value is -2.82. The van der Waals surface area contributed by atoms with Gasteiger partial charge in [0.1, 0.15) is 18.3 Å². The van der Waals surface area contributed by atoms with Crippen molar-refractivity contribution in [1.82, 2.24) is 9.55 Å². The average molecular weight is 483 g/mol. The lowest BCUT2D eigenvalue weighted by Gasteiger charge is -2.43. The Morgan fingerprint density at radius 2 is 1.50 bits per heavy atom. The van der Waals surface area contributed by atoms with Crippen LogP contribution in [-0.4, -0.2) is 53.0 Å². The van der Waals surface area contributed by atoms with Gasteiger partial charge in [-0.1, -0.05) is 81.4 Å². The highest BCUT2D eigenvalue weighted by molar-refractivity contribution is 6.99. The summed E-state index contributed by atoms with van der Waals surface area (Å²) in [5.41, 5.74) is -1.28. The third kappa shape index (κ3) is 4.33. The van der Waals surface area contributed by atoms with Crippen molar-refractivity contribution in [2.75, 3.05) is 6.61 Å². The quantitative estimate of drug-likeness (QED) is 0.447. The fourth-order valence-corrected chi connectivity index (χ4v) is 9.26. The van der Waals surface area contributed by atoms with Gasteiger partial charge in [-0.25, -0.2) is 4.79 Å². The molecule has 0 spiro atoms. The Balaban J connectivity index is 1.68. The largest absolute Gasteiger partial charge is 0.405 e. The molecule has 3 aromatic rings. The highest BCUT2D eigenvalue weighted by Crippen LogP contribution is 2.38. The molecule has 4 atom stereocenters. The molecule has 8 nitrogen and oxygen atoms in total.